The fraction of sp³-hybridized carbons (Fsp3) is 0.353. The Balaban J connectivity index is 1.98. The highest BCUT2D eigenvalue weighted by Crippen LogP contribution is 2.39. The lowest BCUT2D eigenvalue weighted by atomic mass is 9.94. The van der Waals surface area contributed by atoms with Crippen molar-refractivity contribution in [3.63, 3.8) is 0 Å². The highest BCUT2D eigenvalue weighted by molar-refractivity contribution is 9.11. The van der Waals surface area contributed by atoms with Crippen molar-refractivity contribution in [3.8, 4) is 0 Å². The van der Waals surface area contributed by atoms with Gasteiger partial charge in [0, 0.05) is 11.4 Å². The Morgan fingerprint density at radius 1 is 1.29 bits per heavy atom. The summed E-state index contributed by atoms with van der Waals surface area (Å²) in [5.74, 6) is -1.05. The van der Waals surface area contributed by atoms with Crippen LogP contribution in [0.5, 0.6) is 0 Å². The van der Waals surface area contributed by atoms with Gasteiger partial charge < -0.3 is 5.11 Å². The van der Waals surface area contributed by atoms with E-state index in [9.17, 15) is 9.90 Å². The molecule has 1 aliphatic heterocycles. The number of benzene rings is 1. The van der Waals surface area contributed by atoms with Crippen molar-refractivity contribution in [2.75, 3.05) is 13.1 Å². The largest absolute Gasteiger partial charge is 0.481 e. The van der Waals surface area contributed by atoms with E-state index in [1.807, 2.05) is 18.2 Å². The quantitative estimate of drug-likeness (QED) is 0.651. The topological polar surface area (TPSA) is 40.5 Å². The minimum absolute atomic E-state index is 0.0155. The Bertz CT molecular complexity index is 752. The van der Waals surface area contributed by atoms with Gasteiger partial charge in [0.2, 0.25) is 0 Å². The molecule has 1 aromatic carbocycles. The molecule has 1 aromatic heterocycles. The number of hydrogen-bond acceptors (Lipinski definition) is 3. The Morgan fingerprint density at radius 3 is 2.71 bits per heavy atom. The summed E-state index contributed by atoms with van der Waals surface area (Å²) in [4.78, 5) is 14.8. The zero-order chi connectivity index (χ0) is 17.3. The van der Waals surface area contributed by atoms with Gasteiger partial charge in [-0.25, -0.2) is 0 Å². The molecule has 1 saturated heterocycles. The lowest BCUT2D eigenvalue weighted by Crippen LogP contribution is -2.41. The monoisotopic (exact) mass is 447 g/mol. The summed E-state index contributed by atoms with van der Waals surface area (Å²) in [6.45, 7) is 1.40. The normalized spacial score (nSPS) is 20.0. The van der Waals surface area contributed by atoms with E-state index in [0.717, 1.165) is 33.6 Å². The van der Waals surface area contributed by atoms with Crippen molar-refractivity contribution in [1.29, 1.82) is 0 Å². The average molecular weight is 449 g/mol. The molecule has 3 nitrogen and oxygen atoms in total. The molecule has 128 valence electrons. The van der Waals surface area contributed by atoms with Crippen molar-refractivity contribution < 1.29 is 9.90 Å². The van der Waals surface area contributed by atoms with Crippen LogP contribution in [0.25, 0.3) is 0 Å². The first kappa shape index (κ1) is 18.2. The molecule has 2 unspecified atom stereocenters. The highest BCUT2D eigenvalue weighted by Gasteiger charge is 2.32. The number of carbonyl (C=O) groups is 1. The Kier molecular flexibility index (Phi) is 5.88. The maximum absolute atomic E-state index is 11.4. The Hall–Kier alpha value is -0.590. The fourth-order valence-electron chi connectivity index (χ4n) is 3.16. The number of hydrogen-bond donors (Lipinski definition) is 1. The number of halogens is 3. The van der Waals surface area contributed by atoms with Crippen LogP contribution < -0.4 is 0 Å². The zero-order valence-corrected chi connectivity index (χ0v) is 16.6. The summed E-state index contributed by atoms with van der Waals surface area (Å²) in [6, 6.07) is 9.73. The third-order valence-corrected chi connectivity index (χ3v) is 6.71. The fourth-order valence-corrected chi connectivity index (χ4v) is 5.05. The third kappa shape index (κ3) is 3.97. The average Bonchev–Trinajstić information content (AvgIpc) is 2.97. The maximum Gasteiger partial charge on any atom is 0.307 e. The molecule has 7 heteroatoms. The second kappa shape index (κ2) is 7.75. The number of carboxylic acids is 1. The van der Waals surface area contributed by atoms with Crippen LogP contribution in [0.3, 0.4) is 0 Å². The van der Waals surface area contributed by atoms with E-state index in [2.05, 4.69) is 26.9 Å². The highest BCUT2D eigenvalue weighted by atomic mass is 79.9. The third-order valence-electron chi connectivity index (χ3n) is 4.29. The van der Waals surface area contributed by atoms with Crippen LogP contribution >= 0.6 is 50.5 Å². The van der Waals surface area contributed by atoms with Gasteiger partial charge in [-0.15, -0.1) is 11.3 Å². The number of aliphatic carboxylic acids is 1. The summed E-state index contributed by atoms with van der Waals surface area (Å²) in [7, 11) is 0. The molecule has 0 spiro atoms. The predicted molar refractivity (Wildman–Crippen MR) is 102 cm³/mol. The SMILES string of the molecule is O=C(O)C1CCCN(C(c2ccc(Cl)c(Cl)c2)c2ccc(Br)s2)C1. The summed E-state index contributed by atoms with van der Waals surface area (Å²) in [5, 5.41) is 10.4. The van der Waals surface area contributed by atoms with Crippen LogP contribution in [-0.4, -0.2) is 29.1 Å². The summed E-state index contributed by atoms with van der Waals surface area (Å²) >= 11 is 17.4. The minimum Gasteiger partial charge on any atom is -0.481 e. The summed E-state index contributed by atoms with van der Waals surface area (Å²) in [6.07, 6.45) is 1.61. The van der Waals surface area contributed by atoms with Gasteiger partial charge >= 0.3 is 5.97 Å². The summed E-state index contributed by atoms with van der Waals surface area (Å²) in [5.41, 5.74) is 1.03. The van der Waals surface area contributed by atoms with E-state index >= 15 is 0 Å². The molecule has 1 N–H and O–H groups in total. The molecule has 0 aliphatic carbocycles. The van der Waals surface area contributed by atoms with E-state index in [4.69, 9.17) is 23.2 Å². The van der Waals surface area contributed by atoms with Crippen LogP contribution in [0.4, 0.5) is 0 Å². The lowest BCUT2D eigenvalue weighted by Gasteiger charge is -2.37. The molecule has 0 radical (unpaired) electrons. The van der Waals surface area contributed by atoms with Gasteiger partial charge in [0.05, 0.1) is 25.8 Å². The predicted octanol–water partition coefficient (Wildman–Crippen LogP) is 5.70. The summed E-state index contributed by atoms with van der Waals surface area (Å²) < 4.78 is 1.05. The van der Waals surface area contributed by atoms with E-state index in [-0.39, 0.29) is 12.0 Å². The number of carboxylic acid groups (broad SMARTS) is 1. The van der Waals surface area contributed by atoms with E-state index in [1.54, 1.807) is 17.4 Å². The van der Waals surface area contributed by atoms with Crippen molar-refractivity contribution in [1.82, 2.24) is 4.90 Å². The van der Waals surface area contributed by atoms with Crippen molar-refractivity contribution in [2.24, 2.45) is 5.92 Å². The van der Waals surface area contributed by atoms with E-state index in [1.165, 1.54) is 0 Å². The standard InChI is InChI=1S/C17H16BrCl2NO2S/c18-15-6-5-14(24-15)16(10-3-4-12(19)13(20)8-10)21-7-1-2-11(9-21)17(22)23/h3-6,8,11,16H,1-2,7,9H2,(H,22,23). The van der Waals surface area contributed by atoms with Gasteiger partial charge in [-0.1, -0.05) is 29.3 Å². The molecule has 0 saturated carbocycles. The first-order valence-electron chi connectivity index (χ1n) is 7.62. The molecule has 2 aromatic rings. The Labute approximate surface area is 163 Å². The van der Waals surface area contributed by atoms with Crippen LogP contribution in [0, 0.1) is 5.92 Å². The number of rotatable bonds is 4. The van der Waals surface area contributed by atoms with Gasteiger partial charge in [-0.2, -0.15) is 0 Å². The van der Waals surface area contributed by atoms with Gasteiger partial charge in [0.15, 0.2) is 0 Å². The number of likely N-dealkylation sites (tertiary alicyclic amines) is 1. The van der Waals surface area contributed by atoms with Crippen LogP contribution in [0.1, 0.15) is 29.3 Å². The van der Waals surface area contributed by atoms with Crippen LogP contribution in [0.2, 0.25) is 10.0 Å². The number of thiophene rings is 1. The maximum atomic E-state index is 11.4. The molecular weight excluding hydrogens is 433 g/mol. The molecule has 1 aliphatic rings. The van der Waals surface area contributed by atoms with Crippen molar-refractivity contribution >= 4 is 56.4 Å². The second-order valence-electron chi connectivity index (χ2n) is 5.89. The Morgan fingerprint density at radius 2 is 2.08 bits per heavy atom. The second-order valence-corrected chi connectivity index (χ2v) is 9.20. The molecule has 3 rings (SSSR count). The van der Waals surface area contributed by atoms with Crippen LogP contribution in [-0.2, 0) is 4.79 Å². The first-order valence-corrected chi connectivity index (χ1v) is 9.99. The smallest absolute Gasteiger partial charge is 0.307 e. The minimum atomic E-state index is -0.722. The van der Waals surface area contributed by atoms with E-state index in [0.29, 0.717) is 16.6 Å². The lowest BCUT2D eigenvalue weighted by molar-refractivity contribution is -0.143. The molecule has 0 bridgehead atoms. The van der Waals surface area contributed by atoms with Crippen molar-refractivity contribution in [3.05, 3.63) is 54.6 Å². The molecule has 2 heterocycles. The molecule has 0 amide bonds. The zero-order valence-electron chi connectivity index (χ0n) is 12.7. The molecule has 1 fully saturated rings. The first-order chi connectivity index (χ1) is 11.5. The van der Waals surface area contributed by atoms with Crippen molar-refractivity contribution in [2.45, 2.75) is 18.9 Å². The molecule has 2 atom stereocenters. The molecular formula is C17H16BrCl2NO2S. The van der Waals surface area contributed by atoms with Gasteiger partial charge in [0.1, 0.15) is 0 Å². The molecule has 24 heavy (non-hydrogen) atoms. The van der Waals surface area contributed by atoms with Crippen LogP contribution in [0.15, 0.2) is 34.1 Å². The van der Waals surface area contributed by atoms with Gasteiger partial charge in [-0.05, 0) is 65.1 Å². The van der Waals surface area contributed by atoms with Gasteiger partial charge in [0.25, 0.3) is 0 Å². The van der Waals surface area contributed by atoms with E-state index < -0.39 is 5.97 Å². The number of nitrogens with zero attached hydrogens (tertiary/aromatic N) is 1. The van der Waals surface area contributed by atoms with Gasteiger partial charge in [-0.3, -0.25) is 9.69 Å². The number of piperidine rings is 1.